The molecular weight excluding hydrogens is 291 g/mol. The Morgan fingerprint density at radius 2 is 2.17 bits per heavy atom. The molecule has 0 N–H and O–H groups in total. The molecule has 0 atom stereocenters. The number of aryl methyl sites for hydroxylation is 1. The molecule has 18 heavy (non-hydrogen) atoms. The lowest BCUT2D eigenvalue weighted by Gasteiger charge is -2.03. The Hall–Kier alpha value is -0.970. The number of ketones is 1. The number of hydrogen-bond acceptors (Lipinski definition) is 4. The van der Waals surface area contributed by atoms with Crippen molar-refractivity contribution in [3.8, 4) is 0 Å². The Kier molecular flexibility index (Phi) is 4.32. The van der Waals surface area contributed by atoms with Crippen LogP contribution in [0, 0.1) is 0 Å². The summed E-state index contributed by atoms with van der Waals surface area (Å²) >= 11 is 12.9. The minimum atomic E-state index is -0.143. The predicted molar refractivity (Wildman–Crippen MR) is 73.8 cm³/mol. The van der Waals surface area contributed by atoms with E-state index in [1.165, 1.54) is 0 Å². The van der Waals surface area contributed by atoms with Crippen LogP contribution < -0.4 is 0 Å². The van der Waals surface area contributed by atoms with Gasteiger partial charge in [-0.15, -0.1) is 5.10 Å². The van der Waals surface area contributed by atoms with E-state index in [4.69, 9.17) is 23.2 Å². The molecule has 2 rings (SSSR count). The van der Waals surface area contributed by atoms with E-state index in [9.17, 15) is 4.79 Å². The number of nitrogens with zero attached hydrogens (tertiary/aromatic N) is 2. The standard InChI is InChI=1S/C12H10Cl2N2OS/c1-2-3-10-12(18-16-15-10)11(17)8-5-4-7(13)6-9(8)14/h4-6H,2-3H2,1H3. The minimum Gasteiger partial charge on any atom is -0.288 e. The molecule has 0 spiro atoms. The predicted octanol–water partition coefficient (Wildman–Crippen LogP) is 4.03. The van der Waals surface area contributed by atoms with Crippen LogP contribution >= 0.6 is 34.7 Å². The third kappa shape index (κ3) is 2.71. The smallest absolute Gasteiger partial charge is 0.208 e. The van der Waals surface area contributed by atoms with Gasteiger partial charge in [0.1, 0.15) is 4.88 Å². The molecule has 1 aromatic carbocycles. The molecule has 0 saturated carbocycles. The normalized spacial score (nSPS) is 10.6. The van der Waals surface area contributed by atoms with E-state index in [0.717, 1.165) is 30.1 Å². The van der Waals surface area contributed by atoms with Gasteiger partial charge in [-0.1, -0.05) is 41.0 Å². The highest BCUT2D eigenvalue weighted by Crippen LogP contribution is 2.25. The van der Waals surface area contributed by atoms with E-state index in [0.29, 0.717) is 20.5 Å². The van der Waals surface area contributed by atoms with Gasteiger partial charge in [0.05, 0.1) is 10.7 Å². The van der Waals surface area contributed by atoms with E-state index in [2.05, 4.69) is 9.59 Å². The zero-order valence-electron chi connectivity index (χ0n) is 9.61. The first-order valence-electron chi connectivity index (χ1n) is 5.44. The molecule has 0 saturated heterocycles. The number of rotatable bonds is 4. The first-order valence-corrected chi connectivity index (χ1v) is 6.97. The lowest BCUT2D eigenvalue weighted by Crippen LogP contribution is -2.03. The summed E-state index contributed by atoms with van der Waals surface area (Å²) in [5, 5.41) is 4.84. The van der Waals surface area contributed by atoms with Crippen molar-refractivity contribution in [3.05, 3.63) is 44.4 Å². The second-order valence-corrected chi connectivity index (χ2v) is 5.35. The average Bonchev–Trinajstić information content (AvgIpc) is 2.77. The van der Waals surface area contributed by atoms with E-state index >= 15 is 0 Å². The molecule has 1 aromatic heterocycles. The molecule has 0 unspecified atom stereocenters. The van der Waals surface area contributed by atoms with Crippen LogP contribution in [0.2, 0.25) is 10.0 Å². The van der Waals surface area contributed by atoms with Crippen LogP contribution in [0.15, 0.2) is 18.2 Å². The van der Waals surface area contributed by atoms with E-state index < -0.39 is 0 Å². The quantitative estimate of drug-likeness (QED) is 0.801. The topological polar surface area (TPSA) is 42.9 Å². The van der Waals surface area contributed by atoms with Crippen molar-refractivity contribution in [2.45, 2.75) is 19.8 Å². The molecule has 94 valence electrons. The highest BCUT2D eigenvalue weighted by molar-refractivity contribution is 7.08. The van der Waals surface area contributed by atoms with Crippen LogP contribution in [-0.4, -0.2) is 15.4 Å². The highest BCUT2D eigenvalue weighted by Gasteiger charge is 2.19. The zero-order chi connectivity index (χ0) is 13.1. The molecule has 0 aliphatic heterocycles. The van der Waals surface area contributed by atoms with Crippen molar-refractivity contribution in [1.82, 2.24) is 9.59 Å². The van der Waals surface area contributed by atoms with Crippen LogP contribution in [0.3, 0.4) is 0 Å². The first-order chi connectivity index (χ1) is 8.63. The largest absolute Gasteiger partial charge is 0.288 e. The number of benzene rings is 1. The minimum absolute atomic E-state index is 0.143. The second-order valence-electron chi connectivity index (χ2n) is 3.75. The number of hydrogen-bond donors (Lipinski definition) is 0. The van der Waals surface area contributed by atoms with Gasteiger partial charge in [-0.25, -0.2) is 0 Å². The van der Waals surface area contributed by atoms with Gasteiger partial charge in [-0.05, 0) is 36.2 Å². The molecule has 1 heterocycles. The maximum absolute atomic E-state index is 12.3. The van der Waals surface area contributed by atoms with Gasteiger partial charge in [-0.3, -0.25) is 4.79 Å². The van der Waals surface area contributed by atoms with Crippen molar-refractivity contribution in [1.29, 1.82) is 0 Å². The Morgan fingerprint density at radius 3 is 2.83 bits per heavy atom. The summed E-state index contributed by atoms with van der Waals surface area (Å²) < 4.78 is 3.84. The van der Waals surface area contributed by atoms with Gasteiger partial charge in [0.25, 0.3) is 0 Å². The Labute approximate surface area is 119 Å². The summed E-state index contributed by atoms with van der Waals surface area (Å²) in [6.07, 6.45) is 1.66. The van der Waals surface area contributed by atoms with Crippen molar-refractivity contribution in [3.63, 3.8) is 0 Å². The number of carbonyl (C=O) groups excluding carboxylic acids is 1. The molecule has 0 radical (unpaired) electrons. The molecule has 0 amide bonds. The molecule has 0 bridgehead atoms. The summed E-state index contributed by atoms with van der Waals surface area (Å²) in [5.41, 5.74) is 1.17. The first kappa shape index (κ1) is 13.5. The van der Waals surface area contributed by atoms with Gasteiger partial charge in [-0.2, -0.15) is 0 Å². The van der Waals surface area contributed by atoms with Gasteiger partial charge in [0, 0.05) is 10.6 Å². The van der Waals surface area contributed by atoms with E-state index in [1.807, 2.05) is 6.92 Å². The molecule has 0 fully saturated rings. The highest BCUT2D eigenvalue weighted by atomic mass is 35.5. The summed E-state index contributed by atoms with van der Waals surface area (Å²) in [6.45, 7) is 2.03. The maximum Gasteiger partial charge on any atom is 0.208 e. The number of halogens is 2. The van der Waals surface area contributed by atoms with Crippen molar-refractivity contribution in [2.75, 3.05) is 0 Å². The van der Waals surface area contributed by atoms with Crippen LogP contribution in [0.1, 0.15) is 34.3 Å². The summed E-state index contributed by atoms with van der Waals surface area (Å²) in [4.78, 5) is 12.9. The number of carbonyl (C=O) groups is 1. The van der Waals surface area contributed by atoms with E-state index in [-0.39, 0.29) is 5.78 Å². The zero-order valence-corrected chi connectivity index (χ0v) is 11.9. The fourth-order valence-corrected chi connectivity index (χ4v) is 2.73. The lowest BCUT2D eigenvalue weighted by atomic mass is 10.1. The Bertz CT molecular complexity index is 583. The monoisotopic (exact) mass is 300 g/mol. The fraction of sp³-hybridized carbons (Fsp3) is 0.250. The second kappa shape index (κ2) is 5.78. The van der Waals surface area contributed by atoms with Gasteiger partial charge >= 0.3 is 0 Å². The Morgan fingerprint density at radius 1 is 1.39 bits per heavy atom. The van der Waals surface area contributed by atoms with Crippen LogP contribution in [0.5, 0.6) is 0 Å². The van der Waals surface area contributed by atoms with E-state index in [1.54, 1.807) is 18.2 Å². The third-order valence-electron chi connectivity index (χ3n) is 2.42. The molecule has 0 aliphatic carbocycles. The van der Waals surface area contributed by atoms with Gasteiger partial charge < -0.3 is 0 Å². The molecule has 6 heteroatoms. The summed E-state index contributed by atoms with van der Waals surface area (Å²) in [7, 11) is 0. The molecule has 0 aliphatic rings. The van der Waals surface area contributed by atoms with Crippen molar-refractivity contribution < 1.29 is 4.79 Å². The molecular formula is C12H10Cl2N2OS. The SMILES string of the molecule is CCCc1nnsc1C(=O)c1ccc(Cl)cc1Cl. The van der Waals surface area contributed by atoms with Crippen molar-refractivity contribution >= 4 is 40.5 Å². The van der Waals surface area contributed by atoms with Crippen LogP contribution in [-0.2, 0) is 6.42 Å². The maximum atomic E-state index is 12.3. The van der Waals surface area contributed by atoms with Crippen LogP contribution in [0.25, 0.3) is 0 Å². The lowest BCUT2D eigenvalue weighted by molar-refractivity contribution is 0.104. The summed E-state index contributed by atoms with van der Waals surface area (Å²) in [6, 6.07) is 4.83. The van der Waals surface area contributed by atoms with Gasteiger partial charge in [0.15, 0.2) is 0 Å². The average molecular weight is 301 g/mol. The number of aromatic nitrogens is 2. The molecule has 2 aromatic rings. The van der Waals surface area contributed by atoms with Crippen LogP contribution in [0.4, 0.5) is 0 Å². The van der Waals surface area contributed by atoms with Gasteiger partial charge in [0.2, 0.25) is 5.78 Å². The Balaban J connectivity index is 2.38. The summed E-state index contributed by atoms with van der Waals surface area (Å²) in [5.74, 6) is -0.143. The third-order valence-corrected chi connectivity index (χ3v) is 3.74. The fourth-order valence-electron chi connectivity index (χ4n) is 1.58. The van der Waals surface area contributed by atoms with Crippen molar-refractivity contribution in [2.24, 2.45) is 0 Å². The molecule has 3 nitrogen and oxygen atoms in total.